The number of carboxylic acids is 1. The van der Waals surface area contributed by atoms with Crippen LogP contribution in [0.15, 0.2) is 0 Å². The highest BCUT2D eigenvalue weighted by molar-refractivity contribution is 5.71. The average molecular weight is 285 g/mol. The van der Waals surface area contributed by atoms with Crippen molar-refractivity contribution in [3.8, 4) is 0 Å². The molecule has 0 aliphatic carbocycles. The van der Waals surface area contributed by atoms with Gasteiger partial charge >= 0.3 is 12.1 Å². The fourth-order valence-corrected chi connectivity index (χ4v) is 2.23. The van der Waals surface area contributed by atoms with Crippen LogP contribution in [-0.2, 0) is 9.53 Å². The monoisotopic (exact) mass is 285 g/mol. The van der Waals surface area contributed by atoms with Gasteiger partial charge in [-0.1, -0.05) is 0 Å². The van der Waals surface area contributed by atoms with Crippen LogP contribution in [-0.4, -0.2) is 65.2 Å². The van der Waals surface area contributed by atoms with E-state index < -0.39 is 36.3 Å². The summed E-state index contributed by atoms with van der Waals surface area (Å²) in [5, 5.41) is 17.7. The van der Waals surface area contributed by atoms with Gasteiger partial charge in [0.1, 0.15) is 0 Å². The Bertz CT molecular complexity index is 332. The fraction of sp³-hybridized carbons (Fsp3) is 0.909. The number of morpholine rings is 1. The Hall–Kier alpha value is -0.860. The molecule has 2 unspecified atom stereocenters. The van der Waals surface area contributed by atoms with E-state index in [1.165, 1.54) is 4.90 Å². The van der Waals surface area contributed by atoms with Gasteiger partial charge in [-0.15, -0.1) is 0 Å². The third kappa shape index (κ3) is 4.63. The largest absolute Gasteiger partial charge is 0.481 e. The second-order valence-electron chi connectivity index (χ2n) is 5.31. The van der Waals surface area contributed by atoms with Crippen LogP contribution in [0.4, 0.5) is 13.2 Å². The smallest absolute Gasteiger partial charge is 0.403 e. The van der Waals surface area contributed by atoms with Crippen molar-refractivity contribution in [3.63, 3.8) is 0 Å². The van der Waals surface area contributed by atoms with Gasteiger partial charge in [0.05, 0.1) is 18.3 Å². The zero-order chi connectivity index (χ0) is 14.8. The minimum absolute atomic E-state index is 0.0831. The van der Waals surface area contributed by atoms with Crippen molar-refractivity contribution >= 4 is 5.97 Å². The molecular weight excluding hydrogens is 267 g/mol. The number of carbonyl (C=O) groups is 1. The average Bonchev–Trinajstić information content (AvgIpc) is 2.21. The molecular formula is C11H18F3NO4. The number of aliphatic hydroxyl groups excluding tert-OH is 1. The van der Waals surface area contributed by atoms with Crippen molar-refractivity contribution in [1.82, 2.24) is 4.90 Å². The number of ether oxygens (including phenoxy) is 1. The first-order valence-electron chi connectivity index (χ1n) is 5.86. The zero-order valence-electron chi connectivity index (χ0n) is 10.8. The highest BCUT2D eigenvalue weighted by Gasteiger charge is 2.47. The maximum absolute atomic E-state index is 12.6. The Labute approximate surface area is 109 Å². The molecule has 0 bridgehead atoms. The van der Waals surface area contributed by atoms with E-state index in [4.69, 9.17) is 14.9 Å². The van der Waals surface area contributed by atoms with Crippen molar-refractivity contribution in [2.45, 2.75) is 31.7 Å². The summed E-state index contributed by atoms with van der Waals surface area (Å²) in [6.07, 6.45) is -5.39. The standard InChI is InChI=1S/C11H18F3NO4/c1-10(2)6-15(3-7(5-16)19-10)4-8(9(17)18)11(12,13)14/h7-8,16H,3-6H2,1-2H3,(H,17,18). The van der Waals surface area contributed by atoms with Crippen LogP contribution in [0.2, 0.25) is 0 Å². The van der Waals surface area contributed by atoms with Crippen LogP contribution in [0.1, 0.15) is 13.8 Å². The first kappa shape index (κ1) is 16.2. The Morgan fingerprint density at radius 3 is 2.53 bits per heavy atom. The molecule has 0 aromatic rings. The van der Waals surface area contributed by atoms with Crippen LogP contribution < -0.4 is 0 Å². The van der Waals surface area contributed by atoms with E-state index in [2.05, 4.69) is 0 Å². The van der Waals surface area contributed by atoms with E-state index >= 15 is 0 Å². The first-order valence-corrected chi connectivity index (χ1v) is 5.86. The molecule has 1 rings (SSSR count). The maximum Gasteiger partial charge on any atom is 0.403 e. The lowest BCUT2D eigenvalue weighted by atomic mass is 10.0. The first-order chi connectivity index (χ1) is 8.55. The normalized spacial score (nSPS) is 26.1. The summed E-state index contributed by atoms with van der Waals surface area (Å²) in [5.74, 6) is -4.32. The summed E-state index contributed by atoms with van der Waals surface area (Å²) >= 11 is 0. The van der Waals surface area contributed by atoms with E-state index in [9.17, 15) is 18.0 Å². The summed E-state index contributed by atoms with van der Waals surface area (Å²) < 4.78 is 43.3. The second-order valence-corrected chi connectivity index (χ2v) is 5.31. The molecule has 1 fully saturated rings. The van der Waals surface area contributed by atoms with Gasteiger partial charge in [-0.05, 0) is 13.8 Å². The lowest BCUT2D eigenvalue weighted by molar-refractivity contribution is -0.205. The van der Waals surface area contributed by atoms with Gasteiger partial charge in [-0.3, -0.25) is 9.69 Å². The molecule has 2 atom stereocenters. The van der Waals surface area contributed by atoms with E-state index in [1.54, 1.807) is 13.8 Å². The van der Waals surface area contributed by atoms with Crippen molar-refractivity contribution in [1.29, 1.82) is 0 Å². The molecule has 112 valence electrons. The number of carboxylic acid groups (broad SMARTS) is 1. The molecule has 0 aromatic heterocycles. The molecule has 0 saturated carbocycles. The highest BCUT2D eigenvalue weighted by atomic mass is 19.4. The predicted molar refractivity (Wildman–Crippen MR) is 59.7 cm³/mol. The van der Waals surface area contributed by atoms with Gasteiger partial charge in [0.15, 0.2) is 5.92 Å². The molecule has 1 saturated heterocycles. The number of hydrogen-bond donors (Lipinski definition) is 2. The molecule has 8 heteroatoms. The van der Waals surface area contributed by atoms with Crippen LogP contribution in [0.5, 0.6) is 0 Å². The van der Waals surface area contributed by atoms with E-state index in [-0.39, 0.29) is 19.7 Å². The molecule has 1 heterocycles. The van der Waals surface area contributed by atoms with Gasteiger partial charge < -0.3 is 14.9 Å². The zero-order valence-corrected chi connectivity index (χ0v) is 10.8. The van der Waals surface area contributed by atoms with Gasteiger partial charge in [-0.2, -0.15) is 13.2 Å². The summed E-state index contributed by atoms with van der Waals surface area (Å²) in [5.41, 5.74) is -0.722. The topological polar surface area (TPSA) is 70.0 Å². The SMILES string of the molecule is CC1(C)CN(CC(C(=O)O)C(F)(F)F)CC(CO)O1. The number of hydrogen-bond acceptors (Lipinski definition) is 4. The minimum atomic E-state index is -4.79. The Kier molecular flexibility index (Phi) is 4.81. The predicted octanol–water partition coefficient (Wildman–Crippen LogP) is 0.721. The number of aliphatic carboxylic acids is 1. The van der Waals surface area contributed by atoms with Gasteiger partial charge in [0.2, 0.25) is 0 Å². The molecule has 5 nitrogen and oxygen atoms in total. The Morgan fingerprint density at radius 2 is 2.11 bits per heavy atom. The van der Waals surface area contributed by atoms with Crippen LogP contribution in [0.3, 0.4) is 0 Å². The summed E-state index contributed by atoms with van der Waals surface area (Å²) in [6.45, 7) is 2.69. The number of alkyl halides is 3. The van der Waals surface area contributed by atoms with Crippen molar-refractivity contribution < 1.29 is 32.9 Å². The molecule has 1 aliphatic rings. The van der Waals surface area contributed by atoms with Gasteiger partial charge in [-0.25, -0.2) is 0 Å². The number of halogens is 3. The maximum atomic E-state index is 12.6. The number of rotatable bonds is 4. The van der Waals surface area contributed by atoms with Crippen molar-refractivity contribution in [2.75, 3.05) is 26.2 Å². The third-order valence-corrected chi connectivity index (χ3v) is 2.89. The molecule has 19 heavy (non-hydrogen) atoms. The molecule has 0 amide bonds. The van der Waals surface area contributed by atoms with Crippen LogP contribution >= 0.6 is 0 Å². The molecule has 1 aliphatic heterocycles. The highest BCUT2D eigenvalue weighted by Crippen LogP contribution is 2.29. The van der Waals surface area contributed by atoms with E-state index in [0.717, 1.165) is 0 Å². The molecule has 0 spiro atoms. The van der Waals surface area contributed by atoms with Gasteiger partial charge in [0.25, 0.3) is 0 Å². The molecule has 0 aromatic carbocycles. The minimum Gasteiger partial charge on any atom is -0.481 e. The number of nitrogens with zero attached hydrogens (tertiary/aromatic N) is 1. The van der Waals surface area contributed by atoms with E-state index in [0.29, 0.717) is 0 Å². The lowest BCUT2D eigenvalue weighted by Gasteiger charge is -2.43. The van der Waals surface area contributed by atoms with Crippen LogP contribution in [0, 0.1) is 5.92 Å². The molecule has 2 N–H and O–H groups in total. The summed E-state index contributed by atoms with van der Waals surface area (Å²) in [4.78, 5) is 12.1. The van der Waals surface area contributed by atoms with Crippen LogP contribution in [0.25, 0.3) is 0 Å². The Morgan fingerprint density at radius 1 is 1.53 bits per heavy atom. The van der Waals surface area contributed by atoms with Crippen molar-refractivity contribution in [2.24, 2.45) is 5.92 Å². The van der Waals surface area contributed by atoms with Gasteiger partial charge in [0, 0.05) is 19.6 Å². The summed E-state index contributed by atoms with van der Waals surface area (Å²) in [6, 6.07) is 0. The second kappa shape index (κ2) is 5.64. The molecule has 0 radical (unpaired) electrons. The Balaban J connectivity index is 2.76. The van der Waals surface area contributed by atoms with Crippen molar-refractivity contribution in [3.05, 3.63) is 0 Å². The quantitative estimate of drug-likeness (QED) is 0.796. The fourth-order valence-electron chi connectivity index (χ4n) is 2.23. The number of aliphatic hydroxyl groups is 1. The lowest BCUT2D eigenvalue weighted by Crippen LogP contribution is -2.56. The van der Waals surface area contributed by atoms with E-state index in [1.807, 2.05) is 0 Å². The summed E-state index contributed by atoms with van der Waals surface area (Å²) in [7, 11) is 0. The third-order valence-electron chi connectivity index (χ3n) is 2.89.